The molecule has 10 heteroatoms. The van der Waals surface area contributed by atoms with E-state index in [1.807, 2.05) is 27.2 Å². The number of hydrogen-bond donors (Lipinski definition) is 1. The minimum absolute atomic E-state index is 0.219. The fourth-order valence-electron chi connectivity index (χ4n) is 2.41. The number of aryl methyl sites for hydroxylation is 1. The molecule has 3 aromatic rings. The van der Waals surface area contributed by atoms with Crippen molar-refractivity contribution in [2.75, 3.05) is 5.73 Å². The van der Waals surface area contributed by atoms with Crippen molar-refractivity contribution in [2.24, 2.45) is 0 Å². The average molecular weight is 503 g/mol. The number of anilines is 1. The zero-order valence-corrected chi connectivity index (χ0v) is 16.8. The Morgan fingerprint density at radius 2 is 2.07 bits per heavy atom. The van der Waals surface area contributed by atoms with E-state index in [4.69, 9.17) is 12.2 Å². The molecule has 2 heterocycles. The van der Waals surface area contributed by atoms with Crippen LogP contribution >= 0.6 is 34.4 Å². The molecule has 5 nitrogen and oxygen atoms in total. The van der Waals surface area contributed by atoms with Crippen molar-refractivity contribution in [1.82, 2.24) is 19.5 Å². The number of nitrogens with zero attached hydrogens (tertiary/aromatic N) is 4. The highest BCUT2D eigenvalue weighted by atomic mass is 127. The Balaban J connectivity index is 2.05. The van der Waals surface area contributed by atoms with Gasteiger partial charge in [-0.25, -0.2) is 15.0 Å². The van der Waals surface area contributed by atoms with E-state index in [9.17, 15) is 13.2 Å². The Labute approximate surface area is 171 Å². The monoisotopic (exact) mass is 503 g/mol. The largest absolute Gasteiger partial charge is 0.416 e. The average Bonchev–Trinajstić information content (AvgIpc) is 2.95. The highest BCUT2D eigenvalue weighted by Gasteiger charge is 2.31. The summed E-state index contributed by atoms with van der Waals surface area (Å²) >= 11 is 3.13. The third-order valence-corrected chi connectivity index (χ3v) is 6.05. The number of nitrogens with two attached hydrogens (primary N) is 1. The van der Waals surface area contributed by atoms with Crippen LogP contribution in [0.15, 0.2) is 34.6 Å². The SMILES string of the molecule is C#CCCCn1c(Sc2cc(C(F)(F)F)ccc2I)nc2c(N)ncnc21. The zero-order valence-electron chi connectivity index (χ0n) is 13.8. The summed E-state index contributed by atoms with van der Waals surface area (Å²) in [6.45, 7) is 0.523. The first-order valence-electron chi connectivity index (χ1n) is 7.76. The van der Waals surface area contributed by atoms with Gasteiger partial charge < -0.3 is 10.3 Å². The number of fused-ring (bicyclic) bond motifs is 1. The van der Waals surface area contributed by atoms with Gasteiger partial charge in [-0.15, -0.1) is 12.3 Å². The second kappa shape index (κ2) is 7.93. The van der Waals surface area contributed by atoms with Crippen LogP contribution in [-0.2, 0) is 12.7 Å². The molecule has 0 aliphatic heterocycles. The highest BCUT2D eigenvalue weighted by molar-refractivity contribution is 14.1. The van der Waals surface area contributed by atoms with E-state index < -0.39 is 11.7 Å². The lowest BCUT2D eigenvalue weighted by atomic mass is 10.2. The summed E-state index contributed by atoms with van der Waals surface area (Å²) < 4.78 is 41.7. The maximum absolute atomic E-state index is 13.1. The molecule has 0 spiro atoms. The molecule has 3 rings (SSSR count). The fourth-order valence-corrected chi connectivity index (χ4v) is 4.05. The smallest absolute Gasteiger partial charge is 0.382 e. The van der Waals surface area contributed by atoms with Gasteiger partial charge in [0.05, 0.1) is 5.56 Å². The quantitative estimate of drug-likeness (QED) is 0.313. The number of rotatable bonds is 5. The molecule has 0 radical (unpaired) electrons. The Kier molecular flexibility index (Phi) is 5.81. The molecule has 0 bridgehead atoms. The van der Waals surface area contributed by atoms with Gasteiger partial charge in [-0.3, -0.25) is 0 Å². The molecule has 0 aliphatic carbocycles. The van der Waals surface area contributed by atoms with Gasteiger partial charge in [0.15, 0.2) is 22.1 Å². The van der Waals surface area contributed by atoms with Gasteiger partial charge in [0.25, 0.3) is 0 Å². The van der Waals surface area contributed by atoms with Crippen molar-refractivity contribution in [3.63, 3.8) is 0 Å². The summed E-state index contributed by atoms with van der Waals surface area (Å²) in [5, 5.41) is 0.492. The van der Waals surface area contributed by atoms with E-state index in [0.717, 1.165) is 23.9 Å². The van der Waals surface area contributed by atoms with Gasteiger partial charge >= 0.3 is 6.18 Å². The number of halogens is 4. The molecule has 140 valence electrons. The van der Waals surface area contributed by atoms with E-state index in [2.05, 4.69) is 20.9 Å². The summed E-state index contributed by atoms with van der Waals surface area (Å²) in [5.41, 5.74) is 6.12. The molecule has 0 saturated carbocycles. The Hall–Kier alpha value is -2.00. The van der Waals surface area contributed by atoms with Crippen LogP contribution in [0.4, 0.5) is 19.0 Å². The molecule has 0 amide bonds. The minimum Gasteiger partial charge on any atom is -0.382 e. The third kappa shape index (κ3) is 4.30. The predicted molar refractivity (Wildman–Crippen MR) is 106 cm³/mol. The molecular weight excluding hydrogens is 490 g/mol. The van der Waals surface area contributed by atoms with E-state index in [0.29, 0.717) is 44.2 Å². The Morgan fingerprint density at radius 1 is 1.30 bits per heavy atom. The van der Waals surface area contributed by atoms with E-state index >= 15 is 0 Å². The van der Waals surface area contributed by atoms with Gasteiger partial charge in [-0.2, -0.15) is 13.2 Å². The molecule has 2 N–H and O–H groups in total. The van der Waals surface area contributed by atoms with Crippen LogP contribution in [0.25, 0.3) is 11.2 Å². The van der Waals surface area contributed by atoms with Crippen LogP contribution in [0.5, 0.6) is 0 Å². The number of imidazole rings is 1. The Morgan fingerprint density at radius 3 is 2.78 bits per heavy atom. The summed E-state index contributed by atoms with van der Waals surface area (Å²) in [5.74, 6) is 2.79. The number of alkyl halides is 3. The number of aromatic nitrogens is 4. The van der Waals surface area contributed by atoms with Crippen molar-refractivity contribution < 1.29 is 13.2 Å². The van der Waals surface area contributed by atoms with E-state index in [-0.39, 0.29) is 5.82 Å². The Bertz CT molecular complexity index is 1030. The van der Waals surface area contributed by atoms with Gasteiger partial charge in [0, 0.05) is 21.4 Å². The van der Waals surface area contributed by atoms with Crippen LogP contribution in [-0.4, -0.2) is 19.5 Å². The first-order valence-corrected chi connectivity index (χ1v) is 9.65. The highest BCUT2D eigenvalue weighted by Crippen LogP contribution is 2.38. The summed E-state index contributed by atoms with van der Waals surface area (Å²) in [6.07, 6.45) is 3.47. The lowest BCUT2D eigenvalue weighted by Gasteiger charge is -2.11. The standard InChI is InChI=1S/C17H13F3IN5S/c1-2-3-4-7-26-15-13(14(22)23-9-24-15)25-16(26)27-12-8-10(17(18,19)20)5-6-11(12)21/h1,5-6,8-9H,3-4,7H2,(H2,22,23,24). The third-order valence-electron chi connectivity index (χ3n) is 3.69. The molecule has 27 heavy (non-hydrogen) atoms. The van der Waals surface area contributed by atoms with Crippen LogP contribution in [0.2, 0.25) is 0 Å². The van der Waals surface area contributed by atoms with Crippen LogP contribution in [0, 0.1) is 15.9 Å². The van der Waals surface area contributed by atoms with Crippen molar-refractivity contribution in [3.8, 4) is 12.3 Å². The molecule has 2 aromatic heterocycles. The predicted octanol–water partition coefficient (Wildman–Crippen LogP) is 4.60. The molecule has 0 aliphatic rings. The lowest BCUT2D eigenvalue weighted by molar-refractivity contribution is -0.137. The zero-order chi connectivity index (χ0) is 19.6. The lowest BCUT2D eigenvalue weighted by Crippen LogP contribution is -2.05. The topological polar surface area (TPSA) is 69.6 Å². The van der Waals surface area contributed by atoms with Crippen molar-refractivity contribution >= 4 is 51.3 Å². The summed E-state index contributed by atoms with van der Waals surface area (Å²) in [4.78, 5) is 13.1. The molecule has 0 unspecified atom stereocenters. The van der Waals surface area contributed by atoms with Crippen molar-refractivity contribution in [3.05, 3.63) is 33.7 Å². The first-order chi connectivity index (χ1) is 12.8. The number of terminal acetylenes is 1. The first kappa shape index (κ1) is 19.8. The second-order valence-electron chi connectivity index (χ2n) is 5.53. The summed E-state index contributed by atoms with van der Waals surface area (Å²) in [6, 6.07) is 3.61. The second-order valence-corrected chi connectivity index (χ2v) is 7.70. The molecular formula is C17H13F3IN5S. The van der Waals surface area contributed by atoms with Crippen molar-refractivity contribution in [1.29, 1.82) is 0 Å². The number of benzene rings is 1. The molecule has 1 aromatic carbocycles. The van der Waals surface area contributed by atoms with Crippen molar-refractivity contribution in [2.45, 2.75) is 35.6 Å². The maximum atomic E-state index is 13.1. The van der Waals surface area contributed by atoms with Crippen LogP contribution in [0.1, 0.15) is 18.4 Å². The molecule has 0 fully saturated rings. The molecule has 0 saturated heterocycles. The number of nitrogen functional groups attached to an aromatic ring is 1. The number of unbranched alkanes of at least 4 members (excludes halogenated alkanes) is 1. The maximum Gasteiger partial charge on any atom is 0.416 e. The minimum atomic E-state index is -4.41. The summed E-state index contributed by atoms with van der Waals surface area (Å²) in [7, 11) is 0. The van der Waals surface area contributed by atoms with Gasteiger partial charge in [0.1, 0.15) is 6.33 Å². The number of hydrogen-bond acceptors (Lipinski definition) is 5. The fraction of sp³-hybridized carbons (Fsp3) is 0.235. The van der Waals surface area contributed by atoms with Crippen LogP contribution < -0.4 is 5.73 Å². The van der Waals surface area contributed by atoms with E-state index in [1.54, 1.807) is 0 Å². The van der Waals surface area contributed by atoms with Crippen LogP contribution in [0.3, 0.4) is 0 Å². The van der Waals surface area contributed by atoms with Gasteiger partial charge in [-0.05, 0) is 47.2 Å². The normalized spacial score (nSPS) is 11.7. The molecule has 0 atom stereocenters. The van der Waals surface area contributed by atoms with Gasteiger partial charge in [0.2, 0.25) is 0 Å². The van der Waals surface area contributed by atoms with E-state index in [1.165, 1.54) is 12.4 Å². The van der Waals surface area contributed by atoms with Gasteiger partial charge in [-0.1, -0.05) is 11.8 Å².